The summed E-state index contributed by atoms with van der Waals surface area (Å²) < 4.78 is 0. The molecule has 0 radical (unpaired) electrons. The Bertz CT molecular complexity index is 1020. The summed E-state index contributed by atoms with van der Waals surface area (Å²) in [4.78, 5) is 14.7. The first kappa shape index (κ1) is 18.3. The lowest BCUT2D eigenvalue weighted by molar-refractivity contribution is -0.117. The van der Waals surface area contributed by atoms with E-state index in [1.165, 1.54) is 5.56 Å². The van der Waals surface area contributed by atoms with E-state index in [0.717, 1.165) is 17.5 Å². The molecule has 0 fully saturated rings. The number of amides is 1. The maximum Gasteiger partial charge on any atom is 0.294 e. The Hall–Kier alpha value is -3.04. The maximum atomic E-state index is 13.1. The van der Waals surface area contributed by atoms with Crippen molar-refractivity contribution in [3.8, 4) is 0 Å². The van der Waals surface area contributed by atoms with Crippen LogP contribution in [0.2, 0.25) is 5.02 Å². The molecule has 1 unspecified atom stereocenters. The Balaban J connectivity index is 1.88. The van der Waals surface area contributed by atoms with Crippen molar-refractivity contribution in [2.24, 2.45) is 0 Å². The molecule has 4 heteroatoms. The van der Waals surface area contributed by atoms with Gasteiger partial charge in [-0.2, -0.15) is 0 Å². The minimum Gasteiger partial charge on any atom is -0.503 e. The van der Waals surface area contributed by atoms with Gasteiger partial charge in [0.1, 0.15) is 0 Å². The zero-order chi connectivity index (χ0) is 19.7. The second kappa shape index (κ2) is 7.53. The predicted molar refractivity (Wildman–Crippen MR) is 113 cm³/mol. The van der Waals surface area contributed by atoms with Crippen LogP contribution in [-0.2, 0) is 11.2 Å². The number of rotatable bonds is 4. The van der Waals surface area contributed by atoms with E-state index in [1.54, 1.807) is 29.2 Å². The third-order valence-electron chi connectivity index (χ3n) is 5.10. The first-order valence-corrected chi connectivity index (χ1v) is 9.64. The molecule has 1 amide bonds. The van der Waals surface area contributed by atoms with Crippen LogP contribution in [0, 0.1) is 0 Å². The molecular weight excluding hydrogens is 370 g/mol. The molecule has 1 heterocycles. The van der Waals surface area contributed by atoms with Crippen molar-refractivity contribution in [3.05, 3.63) is 106 Å². The Morgan fingerprint density at radius 3 is 2.18 bits per heavy atom. The molecule has 1 atom stereocenters. The van der Waals surface area contributed by atoms with Crippen LogP contribution in [0.5, 0.6) is 0 Å². The zero-order valence-electron chi connectivity index (χ0n) is 15.5. The van der Waals surface area contributed by atoms with Gasteiger partial charge >= 0.3 is 0 Å². The molecule has 0 aliphatic carbocycles. The fourth-order valence-electron chi connectivity index (χ4n) is 3.64. The van der Waals surface area contributed by atoms with Gasteiger partial charge in [0.05, 0.1) is 6.04 Å². The van der Waals surface area contributed by atoms with E-state index in [0.29, 0.717) is 16.3 Å². The van der Waals surface area contributed by atoms with Crippen LogP contribution < -0.4 is 4.90 Å². The van der Waals surface area contributed by atoms with Crippen LogP contribution in [0.25, 0.3) is 5.57 Å². The van der Waals surface area contributed by atoms with Gasteiger partial charge in [-0.15, -0.1) is 0 Å². The van der Waals surface area contributed by atoms with Gasteiger partial charge < -0.3 is 5.11 Å². The summed E-state index contributed by atoms with van der Waals surface area (Å²) in [5, 5.41) is 11.4. The van der Waals surface area contributed by atoms with Crippen molar-refractivity contribution in [2.75, 3.05) is 4.90 Å². The molecule has 3 nitrogen and oxygen atoms in total. The fourth-order valence-corrected chi connectivity index (χ4v) is 3.76. The molecule has 0 spiro atoms. The number of aliphatic hydroxyl groups is 1. The Morgan fingerprint density at radius 1 is 0.929 bits per heavy atom. The monoisotopic (exact) mass is 389 g/mol. The summed E-state index contributed by atoms with van der Waals surface area (Å²) in [6.45, 7) is 2.11. The largest absolute Gasteiger partial charge is 0.503 e. The van der Waals surface area contributed by atoms with Crippen LogP contribution in [0.3, 0.4) is 0 Å². The van der Waals surface area contributed by atoms with Crippen molar-refractivity contribution < 1.29 is 9.90 Å². The van der Waals surface area contributed by atoms with E-state index in [2.05, 4.69) is 19.1 Å². The van der Waals surface area contributed by atoms with Gasteiger partial charge in [-0.05, 0) is 47.4 Å². The molecule has 0 saturated carbocycles. The number of hydrogen-bond acceptors (Lipinski definition) is 2. The van der Waals surface area contributed by atoms with Gasteiger partial charge in [0.25, 0.3) is 5.91 Å². The van der Waals surface area contributed by atoms with Crippen LogP contribution in [0.15, 0.2) is 84.6 Å². The SMILES string of the molecule is CCc1ccc(C2C(c3ccccc3)=C(O)C(=O)N2c2ccc(Cl)cc2)cc1. The van der Waals surface area contributed by atoms with E-state index in [9.17, 15) is 9.90 Å². The molecule has 1 aliphatic heterocycles. The van der Waals surface area contributed by atoms with Crippen LogP contribution in [0.1, 0.15) is 29.7 Å². The smallest absolute Gasteiger partial charge is 0.294 e. The molecule has 4 rings (SSSR count). The third kappa shape index (κ3) is 3.19. The Labute approximate surface area is 169 Å². The summed E-state index contributed by atoms with van der Waals surface area (Å²) >= 11 is 6.03. The highest BCUT2D eigenvalue weighted by molar-refractivity contribution is 6.30. The number of carbonyl (C=O) groups excluding carboxylic acids is 1. The standard InChI is InChI=1S/C24H20ClNO2/c1-2-16-8-10-18(11-9-16)22-21(17-6-4-3-5-7-17)23(27)24(28)26(22)20-14-12-19(25)13-15-20/h3-15,22,27H,2H2,1H3. The average molecular weight is 390 g/mol. The molecule has 1 aliphatic rings. The van der Waals surface area contributed by atoms with Gasteiger partial charge in [-0.1, -0.05) is 73.1 Å². The molecule has 3 aromatic carbocycles. The van der Waals surface area contributed by atoms with Gasteiger partial charge in [0, 0.05) is 16.3 Å². The second-order valence-corrected chi connectivity index (χ2v) is 7.21. The highest BCUT2D eigenvalue weighted by Crippen LogP contribution is 2.45. The Kier molecular flexibility index (Phi) is 4.93. The highest BCUT2D eigenvalue weighted by Gasteiger charge is 2.41. The van der Waals surface area contributed by atoms with Crippen molar-refractivity contribution >= 4 is 28.8 Å². The number of anilines is 1. The topological polar surface area (TPSA) is 40.5 Å². The van der Waals surface area contributed by atoms with Crippen molar-refractivity contribution in [1.29, 1.82) is 0 Å². The lowest BCUT2D eigenvalue weighted by Crippen LogP contribution is -2.30. The van der Waals surface area contributed by atoms with Crippen molar-refractivity contribution in [3.63, 3.8) is 0 Å². The molecule has 0 aromatic heterocycles. The predicted octanol–water partition coefficient (Wildman–Crippen LogP) is 5.96. The van der Waals surface area contributed by atoms with Crippen molar-refractivity contribution in [2.45, 2.75) is 19.4 Å². The lowest BCUT2D eigenvalue weighted by atomic mass is 9.92. The summed E-state index contributed by atoms with van der Waals surface area (Å²) in [7, 11) is 0. The van der Waals surface area contributed by atoms with Crippen LogP contribution in [-0.4, -0.2) is 11.0 Å². The number of benzene rings is 3. The summed E-state index contributed by atoms with van der Waals surface area (Å²) in [6, 6.07) is 24.4. The van der Waals surface area contributed by atoms with Gasteiger partial charge in [-0.3, -0.25) is 9.69 Å². The minimum absolute atomic E-state index is 0.217. The molecule has 3 aromatic rings. The average Bonchev–Trinajstić information content (AvgIpc) is 3.00. The van der Waals surface area contributed by atoms with Gasteiger partial charge in [-0.25, -0.2) is 0 Å². The number of aryl methyl sites for hydroxylation is 1. The number of halogens is 1. The quantitative estimate of drug-likeness (QED) is 0.598. The van der Waals surface area contributed by atoms with E-state index in [-0.39, 0.29) is 5.76 Å². The Morgan fingerprint density at radius 2 is 1.57 bits per heavy atom. The summed E-state index contributed by atoms with van der Waals surface area (Å²) in [5.41, 5.74) is 4.31. The van der Waals surface area contributed by atoms with E-state index < -0.39 is 11.9 Å². The molecule has 0 bridgehead atoms. The van der Waals surface area contributed by atoms with E-state index in [1.807, 2.05) is 42.5 Å². The van der Waals surface area contributed by atoms with Crippen LogP contribution >= 0.6 is 11.6 Å². The molecule has 28 heavy (non-hydrogen) atoms. The van der Waals surface area contributed by atoms with E-state index >= 15 is 0 Å². The fraction of sp³-hybridized carbons (Fsp3) is 0.125. The van der Waals surface area contributed by atoms with Gasteiger partial charge in [0.2, 0.25) is 0 Å². The summed E-state index contributed by atoms with van der Waals surface area (Å²) in [6.07, 6.45) is 0.942. The third-order valence-corrected chi connectivity index (χ3v) is 5.35. The summed E-state index contributed by atoms with van der Waals surface area (Å²) in [5.74, 6) is -0.628. The molecule has 0 saturated heterocycles. The van der Waals surface area contributed by atoms with Gasteiger partial charge in [0.15, 0.2) is 5.76 Å². The minimum atomic E-state index is -0.415. The van der Waals surface area contributed by atoms with Crippen LogP contribution in [0.4, 0.5) is 5.69 Å². The van der Waals surface area contributed by atoms with Crippen molar-refractivity contribution in [1.82, 2.24) is 0 Å². The maximum absolute atomic E-state index is 13.1. The number of hydrogen-bond donors (Lipinski definition) is 1. The highest BCUT2D eigenvalue weighted by atomic mass is 35.5. The number of aliphatic hydroxyl groups excluding tert-OH is 1. The number of nitrogens with zero attached hydrogens (tertiary/aromatic N) is 1. The normalized spacial score (nSPS) is 16.7. The van der Waals surface area contributed by atoms with E-state index in [4.69, 9.17) is 11.6 Å². The number of carbonyl (C=O) groups is 1. The molecular formula is C24H20ClNO2. The molecule has 140 valence electrons. The molecule has 1 N–H and O–H groups in total. The second-order valence-electron chi connectivity index (χ2n) is 6.78. The lowest BCUT2D eigenvalue weighted by Gasteiger charge is -2.27. The first-order valence-electron chi connectivity index (χ1n) is 9.26. The first-order chi connectivity index (χ1) is 13.6. The zero-order valence-corrected chi connectivity index (χ0v) is 16.2.